The average molecular weight is 369 g/mol. The van der Waals surface area contributed by atoms with Crippen LogP contribution in [0.5, 0.6) is 5.75 Å². The average Bonchev–Trinajstić information content (AvgIpc) is 2.85. The highest BCUT2D eigenvalue weighted by atomic mass is 32.2. The van der Waals surface area contributed by atoms with Gasteiger partial charge in [-0.15, -0.1) is 0 Å². The highest BCUT2D eigenvalue weighted by molar-refractivity contribution is 7.91. The fourth-order valence-corrected chi connectivity index (χ4v) is 4.28. The molecule has 25 heavy (non-hydrogen) atoms. The van der Waals surface area contributed by atoms with Crippen molar-refractivity contribution in [2.75, 3.05) is 18.1 Å². The Kier molecular flexibility index (Phi) is 6.05. The van der Waals surface area contributed by atoms with Gasteiger partial charge < -0.3 is 14.8 Å². The van der Waals surface area contributed by atoms with Gasteiger partial charge in [0.25, 0.3) is 5.91 Å². The lowest BCUT2D eigenvalue weighted by atomic mass is 10.1. The van der Waals surface area contributed by atoms with Gasteiger partial charge in [-0.2, -0.15) is 0 Å². The quantitative estimate of drug-likeness (QED) is 0.749. The lowest BCUT2D eigenvalue weighted by molar-refractivity contribution is -0.156. The predicted octanol–water partition coefficient (Wildman–Crippen LogP) is 0.917. The van der Waals surface area contributed by atoms with Crippen LogP contribution in [-0.2, 0) is 24.2 Å². The Balaban J connectivity index is 1.78. The van der Waals surface area contributed by atoms with Crippen molar-refractivity contribution in [1.29, 1.82) is 0 Å². The first-order valence-corrected chi connectivity index (χ1v) is 9.89. The minimum Gasteiger partial charge on any atom is -0.482 e. The number of esters is 1. The van der Waals surface area contributed by atoms with E-state index in [2.05, 4.69) is 5.32 Å². The van der Waals surface area contributed by atoms with E-state index in [9.17, 15) is 18.0 Å². The lowest BCUT2D eigenvalue weighted by Crippen LogP contribution is -2.43. The second kappa shape index (κ2) is 7.86. The third-order valence-electron chi connectivity index (χ3n) is 3.93. The molecule has 0 saturated carbocycles. The van der Waals surface area contributed by atoms with E-state index in [1.54, 1.807) is 6.07 Å². The Bertz CT molecular complexity index is 758. The minimum absolute atomic E-state index is 0.0653. The highest BCUT2D eigenvalue weighted by Gasteiger charge is 2.30. The van der Waals surface area contributed by atoms with Gasteiger partial charge in [0.15, 0.2) is 22.5 Å². The number of hydrogen-bond donors (Lipinski definition) is 1. The fourth-order valence-electron chi connectivity index (χ4n) is 2.61. The molecule has 0 bridgehead atoms. The maximum atomic E-state index is 12.0. The summed E-state index contributed by atoms with van der Waals surface area (Å²) in [7, 11) is -3.08. The van der Waals surface area contributed by atoms with Gasteiger partial charge in [-0.1, -0.05) is 17.7 Å². The summed E-state index contributed by atoms with van der Waals surface area (Å²) in [6, 6.07) is 5.16. The normalized spacial score (nSPS) is 19.9. The second-order valence-electron chi connectivity index (χ2n) is 6.30. The van der Waals surface area contributed by atoms with Crippen LogP contribution < -0.4 is 10.1 Å². The molecule has 1 saturated heterocycles. The van der Waals surface area contributed by atoms with Crippen molar-refractivity contribution in [2.45, 2.75) is 39.3 Å². The molecule has 0 spiro atoms. The lowest BCUT2D eigenvalue weighted by Gasteiger charge is -2.17. The molecule has 2 atom stereocenters. The van der Waals surface area contributed by atoms with Crippen molar-refractivity contribution in [2.24, 2.45) is 0 Å². The standard InChI is InChI=1S/C17H23NO6S/c1-11-4-5-15(12(2)8-11)23-9-16(19)24-13(3)17(20)18-14-6-7-25(21,22)10-14/h4-5,8,13-14H,6-7,9-10H2,1-3H3,(H,18,20)/t13-,14+/m1/s1. The van der Waals surface area contributed by atoms with Crippen LogP contribution in [-0.4, -0.2) is 50.6 Å². The number of nitrogens with one attached hydrogen (secondary N) is 1. The number of carbonyl (C=O) groups is 2. The van der Waals surface area contributed by atoms with E-state index < -0.39 is 33.9 Å². The molecule has 1 amide bonds. The number of sulfone groups is 1. The summed E-state index contributed by atoms with van der Waals surface area (Å²) in [5.74, 6) is -0.607. The SMILES string of the molecule is Cc1ccc(OCC(=O)O[C@H](C)C(=O)N[C@H]2CCS(=O)(=O)C2)c(C)c1. The smallest absolute Gasteiger partial charge is 0.344 e. The Morgan fingerprint density at radius 3 is 2.64 bits per heavy atom. The number of aryl methyl sites for hydroxylation is 2. The van der Waals surface area contributed by atoms with Gasteiger partial charge in [0, 0.05) is 6.04 Å². The van der Waals surface area contributed by atoms with Crippen LogP contribution >= 0.6 is 0 Å². The minimum atomic E-state index is -3.08. The Morgan fingerprint density at radius 1 is 1.32 bits per heavy atom. The first-order chi connectivity index (χ1) is 11.7. The van der Waals surface area contributed by atoms with Crippen LogP contribution in [0.25, 0.3) is 0 Å². The van der Waals surface area contributed by atoms with E-state index in [4.69, 9.17) is 9.47 Å². The van der Waals surface area contributed by atoms with Crippen LogP contribution in [0.4, 0.5) is 0 Å². The molecule has 0 aromatic heterocycles. The van der Waals surface area contributed by atoms with E-state index in [1.807, 2.05) is 26.0 Å². The van der Waals surface area contributed by atoms with E-state index in [0.717, 1.165) is 11.1 Å². The van der Waals surface area contributed by atoms with Crippen LogP contribution in [0.3, 0.4) is 0 Å². The van der Waals surface area contributed by atoms with Crippen LogP contribution in [0, 0.1) is 13.8 Å². The Labute approximate surface area is 147 Å². The van der Waals surface area contributed by atoms with Gasteiger partial charge in [-0.3, -0.25) is 4.79 Å². The number of amides is 1. The first-order valence-electron chi connectivity index (χ1n) is 8.06. The van der Waals surface area contributed by atoms with Crippen molar-refractivity contribution in [3.8, 4) is 5.75 Å². The van der Waals surface area contributed by atoms with Gasteiger partial charge in [0.05, 0.1) is 11.5 Å². The summed E-state index contributed by atoms with van der Waals surface area (Å²) in [6.45, 7) is 4.97. The van der Waals surface area contributed by atoms with Gasteiger partial charge >= 0.3 is 5.97 Å². The van der Waals surface area contributed by atoms with Crippen molar-refractivity contribution < 1.29 is 27.5 Å². The summed E-state index contributed by atoms with van der Waals surface area (Å²) in [5, 5.41) is 2.59. The zero-order valence-corrected chi connectivity index (χ0v) is 15.4. The third kappa shape index (κ3) is 5.74. The molecular weight excluding hydrogens is 346 g/mol. The molecule has 1 fully saturated rings. The monoisotopic (exact) mass is 369 g/mol. The summed E-state index contributed by atoms with van der Waals surface area (Å²) >= 11 is 0. The summed E-state index contributed by atoms with van der Waals surface area (Å²) < 4.78 is 33.2. The first kappa shape index (κ1) is 19.2. The number of ether oxygens (including phenoxy) is 2. The fraction of sp³-hybridized carbons (Fsp3) is 0.529. The molecule has 0 unspecified atom stereocenters. The number of carbonyl (C=O) groups excluding carboxylic acids is 2. The molecule has 7 nitrogen and oxygen atoms in total. The maximum Gasteiger partial charge on any atom is 0.344 e. The molecule has 2 rings (SSSR count). The number of rotatable bonds is 6. The molecule has 1 aliphatic rings. The predicted molar refractivity (Wildman–Crippen MR) is 92.2 cm³/mol. The molecule has 1 heterocycles. The van der Waals surface area contributed by atoms with Crippen molar-refractivity contribution in [3.05, 3.63) is 29.3 Å². The molecular formula is C17H23NO6S. The van der Waals surface area contributed by atoms with Crippen LogP contribution in [0.1, 0.15) is 24.5 Å². The maximum absolute atomic E-state index is 12.0. The van der Waals surface area contributed by atoms with E-state index in [1.165, 1.54) is 6.92 Å². The largest absolute Gasteiger partial charge is 0.482 e. The molecule has 138 valence electrons. The number of benzene rings is 1. The number of hydrogen-bond acceptors (Lipinski definition) is 6. The molecule has 1 aromatic rings. The zero-order chi connectivity index (χ0) is 18.6. The Morgan fingerprint density at radius 2 is 2.04 bits per heavy atom. The summed E-state index contributed by atoms with van der Waals surface area (Å²) in [4.78, 5) is 23.8. The Hall–Kier alpha value is -2.09. The van der Waals surface area contributed by atoms with Crippen LogP contribution in [0.15, 0.2) is 18.2 Å². The van der Waals surface area contributed by atoms with Crippen molar-refractivity contribution in [1.82, 2.24) is 5.32 Å². The van der Waals surface area contributed by atoms with Gasteiger partial charge in [0.1, 0.15) is 5.75 Å². The van der Waals surface area contributed by atoms with Crippen molar-refractivity contribution >= 4 is 21.7 Å². The third-order valence-corrected chi connectivity index (χ3v) is 5.70. The van der Waals surface area contributed by atoms with E-state index in [-0.39, 0.29) is 18.1 Å². The van der Waals surface area contributed by atoms with Gasteiger partial charge in [-0.05, 0) is 38.8 Å². The molecule has 0 aliphatic carbocycles. The second-order valence-corrected chi connectivity index (χ2v) is 8.53. The molecule has 8 heteroatoms. The van der Waals surface area contributed by atoms with E-state index in [0.29, 0.717) is 12.2 Å². The topological polar surface area (TPSA) is 98.8 Å². The van der Waals surface area contributed by atoms with Crippen molar-refractivity contribution in [3.63, 3.8) is 0 Å². The molecule has 1 aromatic carbocycles. The molecule has 0 radical (unpaired) electrons. The highest BCUT2D eigenvalue weighted by Crippen LogP contribution is 2.18. The summed E-state index contributed by atoms with van der Waals surface area (Å²) in [6.07, 6.45) is -0.636. The van der Waals surface area contributed by atoms with Crippen LogP contribution in [0.2, 0.25) is 0 Å². The van der Waals surface area contributed by atoms with Gasteiger partial charge in [0.2, 0.25) is 0 Å². The molecule has 1 aliphatic heterocycles. The summed E-state index contributed by atoms with van der Waals surface area (Å²) in [5.41, 5.74) is 1.99. The zero-order valence-electron chi connectivity index (χ0n) is 14.6. The van der Waals surface area contributed by atoms with E-state index >= 15 is 0 Å². The molecule has 1 N–H and O–H groups in total. The van der Waals surface area contributed by atoms with Gasteiger partial charge in [-0.25, -0.2) is 13.2 Å².